The quantitative estimate of drug-likeness (QED) is 0.429. The van der Waals surface area contributed by atoms with E-state index < -0.39 is 16.1 Å². The molecule has 3 rings (SSSR count). The molecule has 4 nitrogen and oxygen atoms in total. The fraction of sp³-hybridized carbons (Fsp3) is 0.174. The van der Waals surface area contributed by atoms with Gasteiger partial charge in [0.25, 0.3) is 10.0 Å². The number of aryl methyl sites for hydroxylation is 1. The van der Waals surface area contributed by atoms with Crippen LogP contribution in [0.1, 0.15) is 36.6 Å². The van der Waals surface area contributed by atoms with E-state index in [4.69, 9.17) is 0 Å². The number of hydrogen-bond donors (Lipinski definition) is 0. The highest BCUT2D eigenvalue weighted by Gasteiger charge is 2.29. The first kappa shape index (κ1) is 19.8. The van der Waals surface area contributed by atoms with Crippen LogP contribution < -0.4 is 0 Å². The Balaban J connectivity index is 2.10. The van der Waals surface area contributed by atoms with E-state index in [9.17, 15) is 8.42 Å². The second kappa shape index (κ2) is 8.40. The SMILES string of the molecule is C/C(=N\N(C(C)c1ccccc1)S(=O)(=O)c1ccc(C)cc1)c1ccccc1. The van der Waals surface area contributed by atoms with Crippen LogP contribution in [0, 0.1) is 6.92 Å². The first-order chi connectivity index (χ1) is 13.4. The average molecular weight is 393 g/mol. The first-order valence-corrected chi connectivity index (χ1v) is 10.6. The summed E-state index contributed by atoms with van der Waals surface area (Å²) in [6, 6.07) is 25.5. The standard InChI is InChI=1S/C23H24N2O2S/c1-18-14-16-23(17-15-18)28(26,27)25(20(3)22-12-8-5-9-13-22)24-19(2)21-10-6-4-7-11-21/h4-17,20H,1-3H3/b24-19+. The molecule has 3 aromatic rings. The maximum absolute atomic E-state index is 13.4. The van der Waals surface area contributed by atoms with E-state index in [1.807, 2.05) is 81.4 Å². The molecule has 0 saturated carbocycles. The lowest BCUT2D eigenvalue weighted by Gasteiger charge is -2.27. The number of sulfonamides is 1. The van der Waals surface area contributed by atoms with E-state index in [1.54, 1.807) is 24.3 Å². The van der Waals surface area contributed by atoms with Gasteiger partial charge in [0, 0.05) is 0 Å². The highest BCUT2D eigenvalue weighted by molar-refractivity contribution is 7.89. The van der Waals surface area contributed by atoms with E-state index in [2.05, 4.69) is 5.10 Å². The molecule has 0 aliphatic heterocycles. The molecule has 0 fully saturated rings. The number of hydrazone groups is 1. The van der Waals surface area contributed by atoms with Crippen LogP contribution in [0.3, 0.4) is 0 Å². The Kier molecular flexibility index (Phi) is 5.95. The molecule has 5 heteroatoms. The zero-order valence-electron chi connectivity index (χ0n) is 16.3. The molecule has 3 aromatic carbocycles. The monoisotopic (exact) mass is 392 g/mol. The zero-order chi connectivity index (χ0) is 20.1. The fourth-order valence-corrected chi connectivity index (χ4v) is 4.37. The Labute approximate surface area is 167 Å². The molecule has 28 heavy (non-hydrogen) atoms. The van der Waals surface area contributed by atoms with Crippen LogP contribution in [0.15, 0.2) is 94.9 Å². The van der Waals surface area contributed by atoms with Gasteiger partial charge in [0.15, 0.2) is 0 Å². The summed E-state index contributed by atoms with van der Waals surface area (Å²) in [4.78, 5) is 0.227. The van der Waals surface area contributed by atoms with Crippen molar-refractivity contribution in [1.82, 2.24) is 4.41 Å². The van der Waals surface area contributed by atoms with Crippen molar-refractivity contribution >= 4 is 15.7 Å². The lowest BCUT2D eigenvalue weighted by atomic mass is 10.1. The van der Waals surface area contributed by atoms with Crippen molar-refractivity contribution in [2.24, 2.45) is 5.10 Å². The fourth-order valence-electron chi connectivity index (χ4n) is 2.91. The summed E-state index contributed by atoms with van der Waals surface area (Å²) in [5.41, 5.74) is 3.40. The van der Waals surface area contributed by atoms with Gasteiger partial charge in [-0.3, -0.25) is 0 Å². The molecule has 0 N–H and O–H groups in total. The molecule has 0 aliphatic carbocycles. The summed E-state index contributed by atoms with van der Waals surface area (Å²) in [7, 11) is -3.82. The van der Waals surface area contributed by atoms with E-state index in [0.717, 1.165) is 16.7 Å². The molecular formula is C23H24N2O2S. The van der Waals surface area contributed by atoms with Gasteiger partial charge in [-0.1, -0.05) is 78.4 Å². The van der Waals surface area contributed by atoms with Gasteiger partial charge in [-0.15, -0.1) is 0 Å². The van der Waals surface area contributed by atoms with Crippen LogP contribution in [0.4, 0.5) is 0 Å². The maximum Gasteiger partial charge on any atom is 0.279 e. The van der Waals surface area contributed by atoms with Crippen LogP contribution in [0.25, 0.3) is 0 Å². The van der Waals surface area contributed by atoms with Gasteiger partial charge in [-0.25, -0.2) is 0 Å². The van der Waals surface area contributed by atoms with Crippen molar-refractivity contribution < 1.29 is 8.42 Å². The van der Waals surface area contributed by atoms with Gasteiger partial charge in [0.1, 0.15) is 0 Å². The highest BCUT2D eigenvalue weighted by atomic mass is 32.2. The molecule has 0 saturated heterocycles. The zero-order valence-corrected chi connectivity index (χ0v) is 17.1. The lowest BCUT2D eigenvalue weighted by Crippen LogP contribution is -2.30. The molecule has 144 valence electrons. The molecule has 0 amide bonds. The Morgan fingerprint density at radius 2 is 1.39 bits per heavy atom. The lowest BCUT2D eigenvalue weighted by molar-refractivity contribution is 0.358. The number of benzene rings is 3. The summed E-state index contributed by atoms with van der Waals surface area (Å²) < 4.78 is 28.1. The molecule has 1 atom stereocenters. The Morgan fingerprint density at radius 3 is 1.96 bits per heavy atom. The van der Waals surface area contributed by atoms with Crippen molar-refractivity contribution in [2.75, 3.05) is 0 Å². The van der Waals surface area contributed by atoms with Crippen LogP contribution >= 0.6 is 0 Å². The largest absolute Gasteiger partial charge is 0.279 e. The van der Waals surface area contributed by atoms with Crippen molar-refractivity contribution in [2.45, 2.75) is 31.7 Å². The number of nitrogens with zero attached hydrogens (tertiary/aromatic N) is 2. The van der Waals surface area contributed by atoms with E-state index in [1.165, 1.54) is 4.41 Å². The Bertz CT molecular complexity index is 1040. The van der Waals surface area contributed by atoms with Gasteiger partial charge in [-0.05, 0) is 44.0 Å². The summed E-state index contributed by atoms with van der Waals surface area (Å²) in [6.07, 6.45) is 0. The third kappa shape index (κ3) is 4.31. The molecule has 0 radical (unpaired) electrons. The second-order valence-electron chi connectivity index (χ2n) is 6.73. The highest BCUT2D eigenvalue weighted by Crippen LogP contribution is 2.28. The van der Waals surface area contributed by atoms with Crippen LogP contribution in [-0.2, 0) is 10.0 Å². The minimum atomic E-state index is -3.82. The van der Waals surface area contributed by atoms with Crippen LogP contribution in [0.5, 0.6) is 0 Å². The van der Waals surface area contributed by atoms with Gasteiger partial charge >= 0.3 is 0 Å². The number of hydrogen-bond acceptors (Lipinski definition) is 3. The third-order valence-electron chi connectivity index (χ3n) is 4.62. The predicted octanol–water partition coefficient (Wildman–Crippen LogP) is 5.17. The maximum atomic E-state index is 13.4. The first-order valence-electron chi connectivity index (χ1n) is 9.16. The normalized spacial score (nSPS) is 13.2. The average Bonchev–Trinajstić information content (AvgIpc) is 2.73. The minimum Gasteiger partial charge on any atom is -0.200 e. The molecule has 0 aliphatic rings. The van der Waals surface area contributed by atoms with Crippen LogP contribution in [-0.4, -0.2) is 18.5 Å². The summed E-state index contributed by atoms with van der Waals surface area (Å²) >= 11 is 0. The van der Waals surface area contributed by atoms with Gasteiger partial charge in [-0.2, -0.15) is 17.9 Å². The van der Waals surface area contributed by atoms with Gasteiger partial charge in [0.05, 0.1) is 16.6 Å². The molecule has 0 aromatic heterocycles. The van der Waals surface area contributed by atoms with Crippen molar-refractivity contribution in [1.29, 1.82) is 0 Å². The number of rotatable bonds is 6. The molecule has 1 unspecified atom stereocenters. The minimum absolute atomic E-state index is 0.227. The smallest absolute Gasteiger partial charge is 0.200 e. The second-order valence-corrected chi connectivity index (χ2v) is 8.52. The Hall–Kier alpha value is -2.92. The molecule has 0 spiro atoms. The van der Waals surface area contributed by atoms with Crippen molar-refractivity contribution in [3.05, 3.63) is 102 Å². The van der Waals surface area contributed by atoms with Gasteiger partial charge in [0.2, 0.25) is 0 Å². The third-order valence-corrected chi connectivity index (χ3v) is 6.38. The van der Waals surface area contributed by atoms with Crippen LogP contribution in [0.2, 0.25) is 0 Å². The van der Waals surface area contributed by atoms with E-state index in [0.29, 0.717) is 5.71 Å². The van der Waals surface area contributed by atoms with Gasteiger partial charge < -0.3 is 0 Å². The van der Waals surface area contributed by atoms with Crippen molar-refractivity contribution in [3.8, 4) is 0 Å². The Morgan fingerprint density at radius 1 is 0.857 bits per heavy atom. The van der Waals surface area contributed by atoms with E-state index in [-0.39, 0.29) is 4.90 Å². The summed E-state index contributed by atoms with van der Waals surface area (Å²) in [6.45, 7) is 5.60. The summed E-state index contributed by atoms with van der Waals surface area (Å²) in [5.74, 6) is 0. The van der Waals surface area contributed by atoms with E-state index >= 15 is 0 Å². The summed E-state index contributed by atoms with van der Waals surface area (Å²) in [5, 5.41) is 4.56. The molecular weight excluding hydrogens is 368 g/mol. The topological polar surface area (TPSA) is 49.7 Å². The molecule has 0 heterocycles. The molecule has 0 bridgehead atoms. The predicted molar refractivity (Wildman–Crippen MR) is 114 cm³/mol. The van der Waals surface area contributed by atoms with Crippen molar-refractivity contribution in [3.63, 3.8) is 0 Å².